The van der Waals surface area contributed by atoms with Crippen LogP contribution in [0, 0.1) is 19.7 Å². The highest BCUT2D eigenvalue weighted by atomic mass is 32.1. The zero-order chi connectivity index (χ0) is 21.1. The molecule has 1 aliphatic rings. The van der Waals surface area contributed by atoms with Gasteiger partial charge in [0.15, 0.2) is 0 Å². The normalized spacial score (nSPS) is 15.7. The van der Waals surface area contributed by atoms with Gasteiger partial charge in [-0.15, -0.1) is 11.3 Å². The first-order valence-corrected chi connectivity index (χ1v) is 11.4. The van der Waals surface area contributed by atoms with Crippen molar-refractivity contribution in [2.24, 2.45) is 0 Å². The van der Waals surface area contributed by atoms with Crippen molar-refractivity contribution in [1.29, 1.82) is 0 Å². The highest BCUT2D eigenvalue weighted by Crippen LogP contribution is 2.39. The van der Waals surface area contributed by atoms with E-state index in [2.05, 4.69) is 19.2 Å². The Bertz CT molecular complexity index is 1020. The fraction of sp³-hybridized carbons (Fsp3) is 0.320. The Morgan fingerprint density at radius 3 is 2.37 bits per heavy atom. The number of thiophene rings is 1. The molecule has 0 radical (unpaired) electrons. The number of likely N-dealkylation sites (tertiary alicyclic amines) is 1. The molecule has 0 spiro atoms. The van der Waals surface area contributed by atoms with E-state index < -0.39 is 0 Å². The number of benzene rings is 2. The topological polar surface area (TPSA) is 33.5 Å². The number of carbonyl (C=O) groups excluding carboxylic acids is 1. The summed E-state index contributed by atoms with van der Waals surface area (Å²) >= 11 is 1.59. The predicted octanol–water partition coefficient (Wildman–Crippen LogP) is 4.91. The summed E-state index contributed by atoms with van der Waals surface area (Å²) in [6, 6.07) is 16.2. The van der Waals surface area contributed by atoms with Gasteiger partial charge in [-0.05, 0) is 62.9 Å². The van der Waals surface area contributed by atoms with E-state index in [9.17, 15) is 9.18 Å². The fourth-order valence-electron chi connectivity index (χ4n) is 4.43. The van der Waals surface area contributed by atoms with Crippen LogP contribution in [0.2, 0.25) is 0 Å². The monoisotopic (exact) mass is 423 g/mol. The average molecular weight is 424 g/mol. The highest BCUT2D eigenvalue weighted by Gasteiger charge is 2.35. The van der Waals surface area contributed by atoms with Gasteiger partial charge < -0.3 is 10.2 Å². The van der Waals surface area contributed by atoms with Crippen molar-refractivity contribution >= 4 is 22.2 Å². The smallest absolute Gasteiger partial charge is 0.256 e. The Hall–Kier alpha value is -2.50. The molecule has 156 valence electrons. The van der Waals surface area contributed by atoms with E-state index in [0.717, 1.165) is 46.9 Å². The molecular formula is C25H28FN2OS+. The second-order valence-corrected chi connectivity index (χ2v) is 9.24. The van der Waals surface area contributed by atoms with Crippen molar-refractivity contribution in [2.45, 2.75) is 39.2 Å². The molecule has 1 amide bonds. The number of halogens is 1. The Morgan fingerprint density at radius 2 is 1.67 bits per heavy atom. The average Bonchev–Trinajstić information content (AvgIpc) is 3.04. The van der Waals surface area contributed by atoms with E-state index in [1.54, 1.807) is 23.5 Å². The first kappa shape index (κ1) is 20.8. The Balaban J connectivity index is 1.79. The van der Waals surface area contributed by atoms with Gasteiger partial charge in [-0.25, -0.2) is 4.39 Å². The lowest BCUT2D eigenvalue weighted by Crippen LogP contribution is -3.13. The molecule has 4 rings (SSSR count). The van der Waals surface area contributed by atoms with Crippen LogP contribution >= 0.6 is 11.3 Å². The molecule has 1 atom stereocenters. The van der Waals surface area contributed by atoms with Crippen LogP contribution in [-0.2, 0) is 0 Å². The Morgan fingerprint density at radius 1 is 1.00 bits per heavy atom. The number of amides is 1. The maximum atomic E-state index is 15.0. The first-order valence-electron chi connectivity index (χ1n) is 10.6. The van der Waals surface area contributed by atoms with Crippen LogP contribution in [-0.4, -0.2) is 19.0 Å². The van der Waals surface area contributed by atoms with Gasteiger partial charge in [0.1, 0.15) is 16.9 Å². The maximum Gasteiger partial charge on any atom is 0.256 e. The maximum absolute atomic E-state index is 15.0. The lowest BCUT2D eigenvalue weighted by Gasteiger charge is -2.33. The molecule has 5 heteroatoms. The lowest BCUT2D eigenvalue weighted by atomic mass is 9.92. The number of rotatable bonds is 5. The van der Waals surface area contributed by atoms with Crippen molar-refractivity contribution in [3.63, 3.8) is 0 Å². The number of piperidine rings is 1. The van der Waals surface area contributed by atoms with Crippen LogP contribution in [0.1, 0.15) is 57.2 Å². The molecule has 0 bridgehead atoms. The van der Waals surface area contributed by atoms with E-state index in [1.165, 1.54) is 11.3 Å². The predicted molar refractivity (Wildman–Crippen MR) is 121 cm³/mol. The largest absolute Gasteiger partial charge is 0.325 e. The van der Waals surface area contributed by atoms with E-state index in [-0.39, 0.29) is 17.8 Å². The molecule has 1 aliphatic heterocycles. The van der Waals surface area contributed by atoms with Crippen molar-refractivity contribution in [1.82, 2.24) is 0 Å². The summed E-state index contributed by atoms with van der Waals surface area (Å²) in [5, 5.41) is 3.98. The van der Waals surface area contributed by atoms with Gasteiger partial charge in [-0.2, -0.15) is 0 Å². The SMILES string of the molecule is Cc1sc(NC(=O)c2ccccc2)c([C@@H](c2ccccc2F)[NH+]2CCCCC2)c1C. The van der Waals surface area contributed by atoms with Crippen molar-refractivity contribution in [3.8, 4) is 0 Å². The van der Waals surface area contributed by atoms with Gasteiger partial charge in [0.05, 0.1) is 18.7 Å². The summed E-state index contributed by atoms with van der Waals surface area (Å²) in [6.45, 7) is 6.20. The number of quaternary nitrogens is 1. The van der Waals surface area contributed by atoms with Gasteiger partial charge in [0.2, 0.25) is 0 Å². The molecule has 0 saturated carbocycles. The molecule has 30 heavy (non-hydrogen) atoms. The minimum Gasteiger partial charge on any atom is -0.325 e. The number of hydrogen-bond donors (Lipinski definition) is 2. The van der Waals surface area contributed by atoms with Gasteiger partial charge in [0, 0.05) is 16.0 Å². The Kier molecular flexibility index (Phi) is 6.30. The number of carbonyl (C=O) groups is 1. The highest BCUT2D eigenvalue weighted by molar-refractivity contribution is 7.16. The summed E-state index contributed by atoms with van der Waals surface area (Å²) < 4.78 is 15.0. The number of nitrogens with one attached hydrogen (secondary N) is 2. The van der Waals surface area contributed by atoms with Gasteiger partial charge in [-0.3, -0.25) is 4.79 Å². The summed E-state index contributed by atoms with van der Waals surface area (Å²) in [5.41, 5.74) is 3.55. The molecule has 3 aromatic rings. The summed E-state index contributed by atoms with van der Waals surface area (Å²) in [5.74, 6) is -0.303. The van der Waals surface area contributed by atoms with E-state index >= 15 is 0 Å². The zero-order valence-electron chi connectivity index (χ0n) is 17.5. The number of hydrogen-bond acceptors (Lipinski definition) is 2. The molecule has 1 aromatic heterocycles. The summed E-state index contributed by atoms with van der Waals surface area (Å²) in [6.07, 6.45) is 3.52. The number of anilines is 1. The third-order valence-electron chi connectivity index (χ3n) is 6.10. The molecule has 0 aliphatic carbocycles. The zero-order valence-corrected chi connectivity index (χ0v) is 18.3. The molecule has 3 nitrogen and oxygen atoms in total. The lowest BCUT2D eigenvalue weighted by molar-refractivity contribution is -0.930. The van der Waals surface area contributed by atoms with Crippen molar-refractivity contribution < 1.29 is 14.1 Å². The van der Waals surface area contributed by atoms with Gasteiger partial charge >= 0.3 is 0 Å². The van der Waals surface area contributed by atoms with Crippen molar-refractivity contribution in [2.75, 3.05) is 18.4 Å². The minimum absolute atomic E-state index is 0.123. The summed E-state index contributed by atoms with van der Waals surface area (Å²) in [4.78, 5) is 15.4. The molecular weight excluding hydrogens is 395 g/mol. The molecule has 2 heterocycles. The quantitative estimate of drug-likeness (QED) is 0.600. The third kappa shape index (κ3) is 4.18. The van der Waals surface area contributed by atoms with E-state index in [4.69, 9.17) is 0 Å². The summed E-state index contributed by atoms with van der Waals surface area (Å²) in [7, 11) is 0. The van der Waals surface area contributed by atoms with E-state index in [1.807, 2.05) is 42.5 Å². The molecule has 2 N–H and O–H groups in total. The van der Waals surface area contributed by atoms with Crippen molar-refractivity contribution in [3.05, 3.63) is 87.5 Å². The Labute approximate surface area is 181 Å². The first-order chi connectivity index (χ1) is 14.6. The fourth-order valence-corrected chi connectivity index (χ4v) is 5.53. The number of aryl methyl sites for hydroxylation is 1. The van der Waals surface area contributed by atoms with Crippen LogP contribution in [0.25, 0.3) is 0 Å². The van der Waals surface area contributed by atoms with Crippen LogP contribution < -0.4 is 10.2 Å². The molecule has 1 saturated heterocycles. The minimum atomic E-state index is -0.177. The van der Waals surface area contributed by atoms with E-state index in [0.29, 0.717) is 11.1 Å². The van der Waals surface area contributed by atoms with Gasteiger partial charge in [-0.1, -0.05) is 30.3 Å². The second-order valence-electron chi connectivity index (χ2n) is 8.02. The third-order valence-corrected chi connectivity index (χ3v) is 7.24. The molecule has 0 unspecified atom stereocenters. The molecule has 2 aromatic carbocycles. The van der Waals surface area contributed by atoms with Gasteiger partial charge in [0.25, 0.3) is 5.91 Å². The molecule has 1 fully saturated rings. The van der Waals surface area contributed by atoms with Crippen LogP contribution in [0.3, 0.4) is 0 Å². The van der Waals surface area contributed by atoms with Crippen LogP contribution in [0.4, 0.5) is 9.39 Å². The van der Waals surface area contributed by atoms with Crippen LogP contribution in [0.15, 0.2) is 54.6 Å². The second kappa shape index (κ2) is 9.11. The van der Waals surface area contributed by atoms with Crippen LogP contribution in [0.5, 0.6) is 0 Å². The standard InChI is InChI=1S/C25H27FN2OS/c1-17-18(2)30-25(27-24(29)19-11-5-3-6-12-19)22(17)23(28-15-9-4-10-16-28)20-13-7-8-14-21(20)26/h3,5-8,11-14,23H,4,9-10,15-16H2,1-2H3,(H,27,29)/p+1/t23-/m1/s1.